The third-order valence-corrected chi connectivity index (χ3v) is 12.2. The van der Waals surface area contributed by atoms with E-state index in [1.807, 2.05) is 0 Å². The number of halogens is 2. The lowest BCUT2D eigenvalue weighted by atomic mass is 9.85. The molecule has 53 heavy (non-hydrogen) atoms. The van der Waals surface area contributed by atoms with E-state index in [1.54, 1.807) is 0 Å². The van der Waals surface area contributed by atoms with E-state index in [1.165, 1.54) is 146 Å². The average Bonchev–Trinajstić information content (AvgIpc) is 3.16. The largest absolute Gasteiger partial charge is 0.0654 e. The Balaban J connectivity index is 1.49. The van der Waals surface area contributed by atoms with Crippen LogP contribution in [0.3, 0.4) is 0 Å². The molecule has 0 fully saturated rings. The minimum absolute atomic E-state index is 1.08. The Labute approximate surface area is 335 Å². The van der Waals surface area contributed by atoms with Crippen molar-refractivity contribution in [3.05, 3.63) is 140 Å². The summed E-state index contributed by atoms with van der Waals surface area (Å²) in [5.41, 5.74) is 22.2. The Kier molecular flexibility index (Phi) is 11.9. The van der Waals surface area contributed by atoms with Crippen LogP contribution < -0.4 is 0 Å². The summed E-state index contributed by atoms with van der Waals surface area (Å²) < 4.78 is 2.25. The molecule has 0 spiro atoms. The summed E-state index contributed by atoms with van der Waals surface area (Å²) in [6.07, 6.45) is 12.4. The van der Waals surface area contributed by atoms with Gasteiger partial charge in [0.05, 0.1) is 0 Å². The molecule has 4 bridgehead atoms. The SMILES string of the molecule is CCCCCCc1ccc(-c2cc3ccc2-c2ccc(-c4c(C)cc(Br)cc4C)cc2-c2ccc(CCCCCC)c(c2)-c2cc(Br)cc(C)c2-3)cc1. The molecule has 0 amide bonds. The van der Waals surface area contributed by atoms with Gasteiger partial charge in [0.1, 0.15) is 0 Å². The normalized spacial score (nSPS) is 11.7. The summed E-state index contributed by atoms with van der Waals surface area (Å²) in [5.74, 6) is 0. The predicted molar refractivity (Wildman–Crippen MR) is 238 cm³/mol. The van der Waals surface area contributed by atoms with Gasteiger partial charge in [-0.3, -0.25) is 0 Å². The molecule has 2 aliphatic carbocycles. The molecule has 0 unspecified atom stereocenters. The van der Waals surface area contributed by atoms with Crippen molar-refractivity contribution in [3.8, 4) is 66.8 Å². The van der Waals surface area contributed by atoms with Gasteiger partial charge in [-0.15, -0.1) is 0 Å². The molecule has 0 N–H and O–H groups in total. The molecule has 0 nitrogen and oxygen atoms in total. The summed E-state index contributed by atoms with van der Waals surface area (Å²) in [7, 11) is 0. The van der Waals surface area contributed by atoms with Crippen LogP contribution in [-0.2, 0) is 12.8 Å². The zero-order valence-electron chi connectivity index (χ0n) is 32.1. The van der Waals surface area contributed by atoms with Gasteiger partial charge in [0, 0.05) is 8.95 Å². The molecule has 6 aromatic carbocycles. The van der Waals surface area contributed by atoms with Crippen molar-refractivity contribution in [2.24, 2.45) is 0 Å². The van der Waals surface area contributed by atoms with Crippen molar-refractivity contribution in [2.75, 3.05) is 0 Å². The lowest BCUT2D eigenvalue weighted by Crippen LogP contribution is -1.96. The van der Waals surface area contributed by atoms with E-state index in [-0.39, 0.29) is 0 Å². The molecule has 0 aromatic heterocycles. The van der Waals surface area contributed by atoms with Crippen molar-refractivity contribution >= 4 is 31.9 Å². The van der Waals surface area contributed by atoms with Crippen LogP contribution in [0.15, 0.2) is 112 Å². The van der Waals surface area contributed by atoms with Crippen LogP contribution in [-0.4, -0.2) is 0 Å². The maximum absolute atomic E-state index is 3.92. The Morgan fingerprint density at radius 2 is 0.868 bits per heavy atom. The van der Waals surface area contributed by atoms with Gasteiger partial charge in [0.2, 0.25) is 0 Å². The summed E-state index contributed by atoms with van der Waals surface area (Å²) in [6, 6.07) is 40.3. The van der Waals surface area contributed by atoms with Crippen molar-refractivity contribution in [1.29, 1.82) is 0 Å². The second-order valence-corrected chi connectivity index (χ2v) is 17.1. The third-order valence-electron chi connectivity index (χ3n) is 11.3. The third kappa shape index (κ3) is 8.06. The quantitative estimate of drug-likeness (QED) is 0.108. The van der Waals surface area contributed by atoms with E-state index in [9.17, 15) is 0 Å². The van der Waals surface area contributed by atoms with Crippen LogP contribution in [0.1, 0.15) is 93.0 Å². The Morgan fingerprint density at radius 1 is 0.377 bits per heavy atom. The van der Waals surface area contributed by atoms with Gasteiger partial charge < -0.3 is 0 Å². The van der Waals surface area contributed by atoms with E-state index in [4.69, 9.17) is 0 Å². The van der Waals surface area contributed by atoms with Crippen LogP contribution in [0.2, 0.25) is 0 Å². The number of aryl methyl sites for hydroxylation is 5. The lowest BCUT2D eigenvalue weighted by molar-refractivity contribution is 0.667. The number of fused-ring (bicyclic) bond motifs is 2. The molecule has 6 aromatic rings. The van der Waals surface area contributed by atoms with Gasteiger partial charge >= 0.3 is 0 Å². The summed E-state index contributed by atoms with van der Waals surface area (Å²) in [6.45, 7) is 11.3. The number of rotatable bonds is 12. The molecule has 0 heterocycles. The molecular weight excluding hydrogens is 772 g/mol. The Bertz CT molecular complexity index is 2230. The number of benzene rings is 6. The molecule has 0 aliphatic heterocycles. The Morgan fingerprint density at radius 3 is 1.49 bits per heavy atom. The fraction of sp³-hybridized carbons (Fsp3) is 0.294. The van der Waals surface area contributed by atoms with Crippen LogP contribution in [0.25, 0.3) is 66.8 Å². The summed E-state index contributed by atoms with van der Waals surface area (Å²) >= 11 is 7.66. The van der Waals surface area contributed by atoms with Crippen LogP contribution in [0.5, 0.6) is 0 Å². The number of hydrogen-bond donors (Lipinski definition) is 0. The zero-order chi connectivity index (χ0) is 37.1. The van der Waals surface area contributed by atoms with Gasteiger partial charge in [-0.2, -0.15) is 0 Å². The molecule has 2 heteroatoms. The van der Waals surface area contributed by atoms with Crippen molar-refractivity contribution in [1.82, 2.24) is 0 Å². The van der Waals surface area contributed by atoms with E-state index < -0.39 is 0 Å². The van der Waals surface area contributed by atoms with Crippen LogP contribution in [0.4, 0.5) is 0 Å². The zero-order valence-corrected chi connectivity index (χ0v) is 35.3. The van der Waals surface area contributed by atoms with Gasteiger partial charge in [-0.05, 0) is 183 Å². The highest BCUT2D eigenvalue weighted by molar-refractivity contribution is 9.10. The highest BCUT2D eigenvalue weighted by atomic mass is 79.9. The summed E-state index contributed by atoms with van der Waals surface area (Å²) in [4.78, 5) is 0. The molecule has 0 saturated heterocycles. The maximum atomic E-state index is 3.92. The van der Waals surface area contributed by atoms with Crippen molar-refractivity contribution in [3.63, 3.8) is 0 Å². The molecule has 8 rings (SSSR count). The van der Waals surface area contributed by atoms with Gasteiger partial charge in [0.25, 0.3) is 0 Å². The maximum Gasteiger partial charge on any atom is 0.0184 e. The monoisotopic (exact) mass is 822 g/mol. The van der Waals surface area contributed by atoms with Crippen molar-refractivity contribution in [2.45, 2.75) is 98.8 Å². The smallest absolute Gasteiger partial charge is 0.0184 e. The van der Waals surface area contributed by atoms with Gasteiger partial charge in [-0.25, -0.2) is 0 Å². The molecular formula is C51H52Br2. The first-order chi connectivity index (χ1) is 25.7. The fourth-order valence-electron chi connectivity index (χ4n) is 8.61. The fourth-order valence-corrected chi connectivity index (χ4v) is 9.87. The highest BCUT2D eigenvalue weighted by Gasteiger charge is 2.22. The lowest BCUT2D eigenvalue weighted by Gasteiger charge is -2.19. The Hall–Kier alpha value is -3.72. The highest BCUT2D eigenvalue weighted by Crippen LogP contribution is 2.48. The summed E-state index contributed by atoms with van der Waals surface area (Å²) in [5, 5.41) is 0. The van der Waals surface area contributed by atoms with E-state index in [0.717, 1.165) is 21.8 Å². The topological polar surface area (TPSA) is 0 Å². The number of unbranched alkanes of at least 4 members (excludes halogenated alkanes) is 6. The predicted octanol–water partition coefficient (Wildman–Crippen LogP) is 16.7. The van der Waals surface area contributed by atoms with Gasteiger partial charge in [-0.1, -0.05) is 145 Å². The standard InChI is InChI=1S/C51H52Br2/c1-6-8-10-12-14-36-16-18-38(19-17-36)46-31-41-23-25-44(46)45-24-22-40(50-33(3)26-42(52)27-34(50)4)30-48(45)39-21-20-37(15-13-11-9-7-2)47(29-39)49-32-43(53)28-35(5)51(41)49/h16-32H,6-15H2,1-5H3. The first kappa shape index (κ1) is 37.6. The second-order valence-electron chi connectivity index (χ2n) is 15.3. The number of hydrogen-bond acceptors (Lipinski definition) is 0. The van der Waals surface area contributed by atoms with Crippen LogP contribution >= 0.6 is 31.9 Å². The van der Waals surface area contributed by atoms with Gasteiger partial charge in [0.15, 0.2) is 0 Å². The van der Waals surface area contributed by atoms with E-state index >= 15 is 0 Å². The second kappa shape index (κ2) is 16.7. The van der Waals surface area contributed by atoms with Crippen molar-refractivity contribution < 1.29 is 0 Å². The van der Waals surface area contributed by atoms with E-state index in [2.05, 4.69) is 170 Å². The van der Waals surface area contributed by atoms with Crippen LogP contribution in [0, 0.1) is 20.8 Å². The van der Waals surface area contributed by atoms with E-state index in [0.29, 0.717) is 0 Å². The first-order valence-corrected chi connectivity index (χ1v) is 21.4. The first-order valence-electron chi connectivity index (χ1n) is 19.8. The average molecular weight is 825 g/mol. The molecule has 2 aliphatic rings. The molecule has 270 valence electrons. The molecule has 0 radical (unpaired) electrons. The molecule has 0 atom stereocenters. The minimum atomic E-state index is 1.08. The minimum Gasteiger partial charge on any atom is -0.0654 e. The molecule has 0 saturated carbocycles.